The fourth-order valence-corrected chi connectivity index (χ4v) is 1.97. The minimum absolute atomic E-state index is 0.0239. The third kappa shape index (κ3) is 2.40. The molecule has 0 fully saturated rings. The Balaban J connectivity index is 1.83. The summed E-state index contributed by atoms with van der Waals surface area (Å²) in [5, 5.41) is 7.61. The zero-order valence-corrected chi connectivity index (χ0v) is 10.4. The predicted octanol–water partition coefficient (Wildman–Crippen LogP) is 3.04. The Morgan fingerprint density at radius 2 is 2.16 bits per heavy atom. The van der Waals surface area contributed by atoms with E-state index < -0.39 is 0 Å². The van der Waals surface area contributed by atoms with E-state index in [4.69, 9.17) is 0 Å². The average Bonchev–Trinajstić information content (AvgIpc) is 2.86. The highest BCUT2D eigenvalue weighted by Crippen LogP contribution is 2.18. The monoisotopic (exact) mass is 256 g/mol. The second-order valence-corrected chi connectivity index (χ2v) is 4.37. The summed E-state index contributed by atoms with van der Waals surface area (Å²) < 4.78 is 14.9. The molecule has 19 heavy (non-hydrogen) atoms. The van der Waals surface area contributed by atoms with Crippen LogP contribution in [0.2, 0.25) is 0 Å². The van der Waals surface area contributed by atoms with Gasteiger partial charge in [0.1, 0.15) is 11.6 Å². The van der Waals surface area contributed by atoms with Gasteiger partial charge in [0.2, 0.25) is 0 Å². The molecule has 0 saturated carbocycles. The molecule has 2 heterocycles. The third-order valence-electron chi connectivity index (χ3n) is 2.97. The van der Waals surface area contributed by atoms with E-state index in [1.807, 2.05) is 25.1 Å². The van der Waals surface area contributed by atoms with Crippen molar-refractivity contribution in [3.05, 3.63) is 60.2 Å². The van der Waals surface area contributed by atoms with Gasteiger partial charge in [-0.1, -0.05) is 12.1 Å². The van der Waals surface area contributed by atoms with E-state index in [0.29, 0.717) is 0 Å². The zero-order chi connectivity index (χ0) is 13.2. The van der Waals surface area contributed by atoms with E-state index in [1.54, 1.807) is 23.0 Å². The molecule has 0 amide bonds. The van der Waals surface area contributed by atoms with Crippen LogP contribution >= 0.6 is 0 Å². The van der Waals surface area contributed by atoms with Crippen LogP contribution in [0.5, 0.6) is 0 Å². The van der Waals surface area contributed by atoms with Gasteiger partial charge in [0.05, 0.1) is 6.04 Å². The van der Waals surface area contributed by atoms with Gasteiger partial charge in [-0.2, -0.15) is 0 Å². The number of nitrogens with one attached hydrogen (secondary N) is 1. The normalized spacial score (nSPS) is 12.5. The van der Waals surface area contributed by atoms with Crippen LogP contribution in [-0.2, 0) is 0 Å². The Morgan fingerprint density at radius 1 is 1.26 bits per heavy atom. The minimum atomic E-state index is -0.232. The summed E-state index contributed by atoms with van der Waals surface area (Å²) in [7, 11) is 0. The lowest BCUT2D eigenvalue weighted by atomic mass is 10.1. The fourth-order valence-electron chi connectivity index (χ4n) is 1.97. The number of benzene rings is 1. The van der Waals surface area contributed by atoms with Crippen molar-refractivity contribution in [2.75, 3.05) is 5.32 Å². The maximum absolute atomic E-state index is 13.2. The smallest absolute Gasteiger partial charge is 0.153 e. The molecule has 0 aliphatic rings. The largest absolute Gasteiger partial charge is 0.362 e. The number of fused-ring (bicyclic) bond motifs is 1. The lowest BCUT2D eigenvalue weighted by Crippen LogP contribution is -2.09. The highest BCUT2D eigenvalue weighted by Gasteiger charge is 2.07. The van der Waals surface area contributed by atoms with Crippen molar-refractivity contribution in [2.45, 2.75) is 13.0 Å². The van der Waals surface area contributed by atoms with Gasteiger partial charge >= 0.3 is 0 Å². The molecular weight excluding hydrogens is 243 g/mol. The molecule has 3 aromatic rings. The van der Waals surface area contributed by atoms with Crippen LogP contribution in [-0.4, -0.2) is 14.6 Å². The van der Waals surface area contributed by atoms with E-state index in [-0.39, 0.29) is 11.9 Å². The van der Waals surface area contributed by atoms with E-state index in [1.165, 1.54) is 12.1 Å². The highest BCUT2D eigenvalue weighted by molar-refractivity contribution is 5.45. The summed E-state index contributed by atoms with van der Waals surface area (Å²) in [6.07, 6.45) is 3.48. The first kappa shape index (κ1) is 11.6. The molecule has 0 aliphatic heterocycles. The first-order valence-corrected chi connectivity index (χ1v) is 6.05. The van der Waals surface area contributed by atoms with Gasteiger partial charge in [0, 0.05) is 12.4 Å². The number of rotatable bonds is 3. The van der Waals surface area contributed by atoms with Crippen molar-refractivity contribution >= 4 is 11.5 Å². The van der Waals surface area contributed by atoms with Crippen molar-refractivity contribution in [3.8, 4) is 0 Å². The van der Waals surface area contributed by atoms with Gasteiger partial charge in [-0.15, -0.1) is 5.10 Å². The van der Waals surface area contributed by atoms with Crippen molar-refractivity contribution in [1.82, 2.24) is 14.6 Å². The van der Waals surface area contributed by atoms with Gasteiger partial charge in [0.25, 0.3) is 0 Å². The van der Waals surface area contributed by atoms with Crippen LogP contribution < -0.4 is 5.32 Å². The Kier molecular flexibility index (Phi) is 2.87. The number of anilines is 1. The topological polar surface area (TPSA) is 42.2 Å². The van der Waals surface area contributed by atoms with Crippen molar-refractivity contribution in [2.24, 2.45) is 0 Å². The van der Waals surface area contributed by atoms with E-state index >= 15 is 0 Å². The molecule has 1 N–H and O–H groups in total. The van der Waals surface area contributed by atoms with Crippen LogP contribution in [0.25, 0.3) is 5.65 Å². The number of halogens is 1. The van der Waals surface area contributed by atoms with Gasteiger partial charge < -0.3 is 5.32 Å². The van der Waals surface area contributed by atoms with Crippen LogP contribution in [0, 0.1) is 5.82 Å². The van der Waals surface area contributed by atoms with Crippen LogP contribution in [0.1, 0.15) is 18.5 Å². The molecule has 1 atom stereocenters. The molecule has 96 valence electrons. The van der Waals surface area contributed by atoms with E-state index in [0.717, 1.165) is 17.0 Å². The highest BCUT2D eigenvalue weighted by atomic mass is 19.1. The van der Waals surface area contributed by atoms with Crippen LogP contribution in [0.4, 0.5) is 10.2 Å². The molecule has 0 radical (unpaired) electrons. The summed E-state index contributed by atoms with van der Waals surface area (Å²) in [5.41, 5.74) is 1.68. The Labute approximate surface area is 109 Å². The minimum Gasteiger partial charge on any atom is -0.362 e. The number of imidazole rings is 1. The lowest BCUT2D eigenvalue weighted by molar-refractivity contribution is 0.623. The molecule has 4 nitrogen and oxygen atoms in total. The van der Waals surface area contributed by atoms with Gasteiger partial charge in [-0.3, -0.25) is 0 Å². The summed E-state index contributed by atoms with van der Waals surface area (Å²) >= 11 is 0. The number of hydrogen-bond donors (Lipinski definition) is 1. The Bertz CT molecular complexity index is 707. The Morgan fingerprint density at radius 3 is 3.00 bits per heavy atom. The van der Waals surface area contributed by atoms with Crippen LogP contribution in [0.3, 0.4) is 0 Å². The molecule has 0 saturated heterocycles. The summed E-state index contributed by atoms with van der Waals surface area (Å²) in [4.78, 5) is 4.13. The second-order valence-electron chi connectivity index (χ2n) is 4.37. The quantitative estimate of drug-likeness (QED) is 0.783. The van der Waals surface area contributed by atoms with Gasteiger partial charge in [-0.25, -0.2) is 13.9 Å². The maximum Gasteiger partial charge on any atom is 0.153 e. The standard InChI is InChI=1S/C14H13FN4/c1-10(11-3-2-4-12(15)9-11)17-13-5-6-14-16-7-8-19(14)18-13/h2-10H,1H3,(H,17,18)/t10-/m1/s1. The molecule has 0 spiro atoms. The van der Waals surface area contributed by atoms with Gasteiger partial charge in [-0.05, 0) is 36.8 Å². The number of hydrogen-bond acceptors (Lipinski definition) is 3. The third-order valence-corrected chi connectivity index (χ3v) is 2.97. The first-order chi connectivity index (χ1) is 9.22. The van der Waals surface area contributed by atoms with Crippen molar-refractivity contribution in [1.29, 1.82) is 0 Å². The molecule has 2 aromatic heterocycles. The SMILES string of the molecule is C[C@@H](Nc1ccc2nccn2n1)c1cccc(F)c1. The molecule has 0 bridgehead atoms. The maximum atomic E-state index is 13.2. The second kappa shape index (κ2) is 4.68. The number of aromatic nitrogens is 3. The van der Waals surface area contributed by atoms with Gasteiger partial charge in [0.15, 0.2) is 5.65 Å². The molecule has 5 heteroatoms. The van der Waals surface area contributed by atoms with Crippen molar-refractivity contribution < 1.29 is 4.39 Å². The van der Waals surface area contributed by atoms with Crippen molar-refractivity contribution in [3.63, 3.8) is 0 Å². The molecule has 0 aliphatic carbocycles. The predicted molar refractivity (Wildman–Crippen MR) is 71.4 cm³/mol. The fraction of sp³-hybridized carbons (Fsp3) is 0.143. The van der Waals surface area contributed by atoms with Crippen LogP contribution in [0.15, 0.2) is 48.8 Å². The molecular formula is C14H13FN4. The molecule has 3 rings (SSSR count). The lowest BCUT2D eigenvalue weighted by Gasteiger charge is -2.14. The van der Waals surface area contributed by atoms with E-state index in [9.17, 15) is 4.39 Å². The number of nitrogens with zero attached hydrogens (tertiary/aromatic N) is 3. The first-order valence-electron chi connectivity index (χ1n) is 6.05. The van der Waals surface area contributed by atoms with E-state index in [2.05, 4.69) is 15.4 Å². The molecule has 1 aromatic carbocycles. The zero-order valence-electron chi connectivity index (χ0n) is 10.4. The molecule has 0 unspecified atom stereocenters. The summed E-state index contributed by atoms with van der Waals surface area (Å²) in [6.45, 7) is 1.97. The summed E-state index contributed by atoms with van der Waals surface area (Å²) in [6, 6.07) is 10.3. The average molecular weight is 256 g/mol. The summed E-state index contributed by atoms with van der Waals surface area (Å²) in [5.74, 6) is 0.492. The Hall–Kier alpha value is -2.43.